The van der Waals surface area contributed by atoms with Gasteiger partial charge in [0.15, 0.2) is 0 Å². The van der Waals surface area contributed by atoms with Crippen molar-refractivity contribution in [3.63, 3.8) is 0 Å². The fourth-order valence-corrected chi connectivity index (χ4v) is 3.68. The summed E-state index contributed by atoms with van der Waals surface area (Å²) in [5.41, 5.74) is 0.397. The van der Waals surface area contributed by atoms with Crippen LogP contribution < -0.4 is 10.6 Å². The second-order valence-electron chi connectivity index (χ2n) is 6.57. The molecule has 21 heavy (non-hydrogen) atoms. The molecule has 0 bridgehead atoms. The molecular formula is C15H22N4O2. The lowest BCUT2D eigenvalue weighted by molar-refractivity contribution is -0.135. The number of nitrogens with one attached hydrogen (secondary N) is 2. The molecule has 0 aromatic carbocycles. The van der Waals surface area contributed by atoms with E-state index in [4.69, 9.17) is 4.74 Å². The van der Waals surface area contributed by atoms with Gasteiger partial charge in [0.1, 0.15) is 0 Å². The number of carbonyl (C=O) groups excluding carboxylic acids is 1. The summed E-state index contributed by atoms with van der Waals surface area (Å²) in [6.45, 7) is 2.91. The van der Waals surface area contributed by atoms with Gasteiger partial charge >= 0.3 is 0 Å². The monoisotopic (exact) mass is 290 g/mol. The van der Waals surface area contributed by atoms with Crippen molar-refractivity contribution in [2.45, 2.75) is 31.7 Å². The van der Waals surface area contributed by atoms with Crippen LogP contribution in [-0.4, -0.2) is 42.0 Å². The predicted molar refractivity (Wildman–Crippen MR) is 78.0 cm³/mol. The quantitative estimate of drug-likeness (QED) is 0.877. The normalized spacial score (nSPS) is 32.5. The van der Waals surface area contributed by atoms with Crippen LogP contribution in [-0.2, 0) is 9.53 Å². The highest BCUT2D eigenvalue weighted by atomic mass is 16.5. The lowest BCUT2D eigenvalue weighted by Crippen LogP contribution is -2.49. The zero-order chi connectivity index (χ0) is 14.3. The van der Waals surface area contributed by atoms with Crippen molar-refractivity contribution in [3.8, 4) is 0 Å². The number of aromatic nitrogens is 2. The van der Waals surface area contributed by atoms with Crippen molar-refractivity contribution in [1.29, 1.82) is 0 Å². The Morgan fingerprint density at radius 2 is 2.38 bits per heavy atom. The summed E-state index contributed by atoms with van der Waals surface area (Å²) in [5, 5.41) is 10.8. The molecule has 1 amide bonds. The van der Waals surface area contributed by atoms with Gasteiger partial charge in [-0.15, -0.1) is 0 Å². The predicted octanol–water partition coefficient (Wildman–Crippen LogP) is 1.17. The van der Waals surface area contributed by atoms with Gasteiger partial charge in [-0.1, -0.05) is 0 Å². The highest BCUT2D eigenvalue weighted by Crippen LogP contribution is 2.39. The smallest absolute Gasteiger partial charge is 0.234 e. The minimum atomic E-state index is -0.406. The number of anilines is 1. The highest BCUT2D eigenvalue weighted by molar-refractivity contribution is 5.96. The van der Waals surface area contributed by atoms with Crippen LogP contribution in [0.25, 0.3) is 0 Å². The van der Waals surface area contributed by atoms with Gasteiger partial charge in [0, 0.05) is 19.3 Å². The summed E-state index contributed by atoms with van der Waals surface area (Å²) in [6.07, 6.45) is 8.34. The standard InChI is InChI=1S/C15H22N4O2/c20-14(15-9-16-6-11(15)4-5-21-10-15)18-12-7-17-19(8-12)13-2-1-3-13/h7-8,11,13,16H,1-6,9-10H2,(H,18,20)/t11-,15+/m1/s1. The van der Waals surface area contributed by atoms with Crippen molar-refractivity contribution >= 4 is 11.6 Å². The van der Waals surface area contributed by atoms with E-state index >= 15 is 0 Å². The second-order valence-corrected chi connectivity index (χ2v) is 6.57. The zero-order valence-corrected chi connectivity index (χ0v) is 12.2. The summed E-state index contributed by atoms with van der Waals surface area (Å²) in [4.78, 5) is 12.8. The van der Waals surface area contributed by atoms with Gasteiger partial charge in [-0.25, -0.2) is 0 Å². The van der Waals surface area contributed by atoms with E-state index in [1.807, 2.05) is 10.9 Å². The SMILES string of the molecule is O=C(Nc1cnn(C2CCC2)c1)[C@]12CNC[C@H]1CCOC2. The average Bonchev–Trinajstić information content (AvgIpc) is 3.04. The highest BCUT2D eigenvalue weighted by Gasteiger charge is 2.51. The van der Waals surface area contributed by atoms with Crippen LogP contribution in [0.15, 0.2) is 12.4 Å². The fraction of sp³-hybridized carbons (Fsp3) is 0.733. The first-order valence-corrected chi connectivity index (χ1v) is 7.92. The summed E-state index contributed by atoms with van der Waals surface area (Å²) in [7, 11) is 0. The molecule has 6 nitrogen and oxygen atoms in total. The Labute approximate surface area is 124 Å². The molecule has 2 aliphatic heterocycles. The van der Waals surface area contributed by atoms with E-state index in [0.717, 1.165) is 25.3 Å². The maximum absolute atomic E-state index is 12.8. The van der Waals surface area contributed by atoms with Crippen LogP contribution >= 0.6 is 0 Å². The van der Waals surface area contributed by atoms with Gasteiger partial charge in [0.2, 0.25) is 5.91 Å². The molecule has 3 heterocycles. The summed E-state index contributed by atoms with van der Waals surface area (Å²) < 4.78 is 7.58. The Morgan fingerprint density at radius 1 is 1.48 bits per heavy atom. The lowest BCUT2D eigenvalue weighted by Gasteiger charge is -2.36. The van der Waals surface area contributed by atoms with Gasteiger partial charge in [-0.05, 0) is 38.1 Å². The number of hydrogen-bond acceptors (Lipinski definition) is 4. The molecule has 4 rings (SSSR count). The van der Waals surface area contributed by atoms with E-state index in [9.17, 15) is 4.79 Å². The van der Waals surface area contributed by atoms with Crippen molar-refractivity contribution in [1.82, 2.24) is 15.1 Å². The Bertz CT molecular complexity index is 540. The zero-order valence-electron chi connectivity index (χ0n) is 12.2. The molecule has 1 saturated carbocycles. The third-order valence-corrected chi connectivity index (χ3v) is 5.34. The minimum Gasteiger partial charge on any atom is -0.380 e. The summed E-state index contributed by atoms with van der Waals surface area (Å²) in [6, 6.07) is 0.521. The first kappa shape index (κ1) is 13.3. The lowest BCUT2D eigenvalue weighted by atomic mass is 9.75. The van der Waals surface area contributed by atoms with Crippen LogP contribution in [0.4, 0.5) is 5.69 Å². The van der Waals surface area contributed by atoms with Crippen LogP contribution in [0, 0.1) is 11.3 Å². The van der Waals surface area contributed by atoms with Crippen LogP contribution in [0.5, 0.6) is 0 Å². The summed E-state index contributed by atoms with van der Waals surface area (Å²) in [5.74, 6) is 0.457. The number of amides is 1. The van der Waals surface area contributed by atoms with Gasteiger partial charge in [0.25, 0.3) is 0 Å². The Hall–Kier alpha value is -1.40. The molecule has 0 spiro atoms. The Kier molecular flexibility index (Phi) is 3.23. The molecular weight excluding hydrogens is 268 g/mol. The molecule has 0 radical (unpaired) electrons. The van der Waals surface area contributed by atoms with E-state index < -0.39 is 5.41 Å². The van der Waals surface area contributed by atoms with E-state index in [-0.39, 0.29) is 5.91 Å². The number of carbonyl (C=O) groups is 1. The average molecular weight is 290 g/mol. The van der Waals surface area contributed by atoms with E-state index in [1.165, 1.54) is 19.3 Å². The molecule has 1 aromatic rings. The number of hydrogen-bond donors (Lipinski definition) is 2. The van der Waals surface area contributed by atoms with Gasteiger partial charge in [-0.2, -0.15) is 5.10 Å². The molecule has 3 fully saturated rings. The van der Waals surface area contributed by atoms with Crippen molar-refractivity contribution in [3.05, 3.63) is 12.4 Å². The molecule has 0 unspecified atom stereocenters. The van der Waals surface area contributed by atoms with Gasteiger partial charge < -0.3 is 15.4 Å². The molecule has 3 aliphatic rings. The minimum absolute atomic E-state index is 0.0744. The van der Waals surface area contributed by atoms with Gasteiger partial charge in [0.05, 0.1) is 29.9 Å². The number of ether oxygens (including phenoxy) is 1. The van der Waals surface area contributed by atoms with Crippen molar-refractivity contribution in [2.24, 2.45) is 11.3 Å². The van der Waals surface area contributed by atoms with Crippen LogP contribution in [0.3, 0.4) is 0 Å². The molecule has 2 atom stereocenters. The first-order valence-electron chi connectivity index (χ1n) is 7.92. The number of rotatable bonds is 3. The molecule has 1 aliphatic carbocycles. The van der Waals surface area contributed by atoms with E-state index in [1.54, 1.807) is 6.20 Å². The van der Waals surface area contributed by atoms with Crippen molar-refractivity contribution < 1.29 is 9.53 Å². The maximum Gasteiger partial charge on any atom is 0.234 e. The van der Waals surface area contributed by atoms with E-state index in [2.05, 4.69) is 15.7 Å². The van der Waals surface area contributed by atoms with Crippen LogP contribution in [0.1, 0.15) is 31.7 Å². The fourth-order valence-electron chi connectivity index (χ4n) is 3.68. The van der Waals surface area contributed by atoms with Gasteiger partial charge in [-0.3, -0.25) is 9.48 Å². The van der Waals surface area contributed by atoms with Crippen molar-refractivity contribution in [2.75, 3.05) is 31.6 Å². The maximum atomic E-state index is 12.8. The molecule has 2 saturated heterocycles. The third kappa shape index (κ3) is 2.17. The third-order valence-electron chi connectivity index (χ3n) is 5.34. The molecule has 1 aromatic heterocycles. The Morgan fingerprint density at radius 3 is 3.19 bits per heavy atom. The number of nitrogens with zero attached hydrogens (tertiary/aromatic N) is 2. The molecule has 2 N–H and O–H groups in total. The Balaban J connectivity index is 1.48. The topological polar surface area (TPSA) is 68.2 Å². The van der Waals surface area contributed by atoms with Crippen LogP contribution in [0.2, 0.25) is 0 Å². The summed E-state index contributed by atoms with van der Waals surface area (Å²) >= 11 is 0. The molecule has 114 valence electrons. The number of fused-ring (bicyclic) bond motifs is 1. The first-order chi connectivity index (χ1) is 10.3. The second kappa shape index (κ2) is 5.10. The molecule has 6 heteroatoms. The largest absolute Gasteiger partial charge is 0.380 e. The van der Waals surface area contributed by atoms with E-state index in [0.29, 0.717) is 25.1 Å².